The Kier molecular flexibility index (Phi) is 3.22. The highest BCUT2D eigenvalue weighted by atomic mass is 16.7. The first-order valence-corrected chi connectivity index (χ1v) is 7.27. The van der Waals surface area contributed by atoms with E-state index in [9.17, 15) is 19.7 Å². The van der Waals surface area contributed by atoms with Crippen LogP contribution in [0.5, 0.6) is 11.5 Å². The summed E-state index contributed by atoms with van der Waals surface area (Å²) in [6, 6.07) is 2.59. The van der Waals surface area contributed by atoms with Crippen molar-refractivity contribution in [2.24, 2.45) is 14.1 Å². The first kappa shape index (κ1) is 15.7. The molecule has 3 aliphatic rings. The lowest BCUT2D eigenvalue weighted by Crippen LogP contribution is -2.36. The van der Waals surface area contributed by atoms with Gasteiger partial charge in [0.15, 0.2) is 28.8 Å². The summed E-state index contributed by atoms with van der Waals surface area (Å²) in [5.74, 6) is 0.435. The van der Waals surface area contributed by atoms with Crippen LogP contribution >= 0.6 is 0 Å². The van der Waals surface area contributed by atoms with Gasteiger partial charge in [-0.05, 0) is 0 Å². The van der Waals surface area contributed by atoms with E-state index < -0.39 is 16.2 Å². The number of nitro groups is 1. The van der Waals surface area contributed by atoms with Crippen molar-refractivity contribution < 1.29 is 14.4 Å². The highest BCUT2D eigenvalue weighted by molar-refractivity contribution is 5.74. The number of ether oxygens (including phenoxy) is 2. The number of benzene rings is 1. The molecule has 0 radical (unpaired) electrons. The molecule has 12 heteroatoms. The molecule has 132 valence electrons. The molecule has 3 aliphatic heterocycles. The van der Waals surface area contributed by atoms with Crippen LogP contribution in [0.1, 0.15) is 0 Å². The molecule has 0 N–H and O–H groups in total. The van der Waals surface area contributed by atoms with E-state index in [2.05, 4.69) is 15.1 Å². The molecule has 0 aliphatic carbocycles. The maximum absolute atomic E-state index is 12.3. The van der Waals surface area contributed by atoms with Crippen LogP contribution in [0, 0.1) is 10.1 Å². The molecule has 1 aromatic carbocycles. The molecule has 0 spiro atoms. The molecular formula is C14H10N6O6. The van der Waals surface area contributed by atoms with Crippen LogP contribution in [-0.4, -0.2) is 36.0 Å². The van der Waals surface area contributed by atoms with Crippen LogP contribution in [0.3, 0.4) is 0 Å². The number of aryl methyl sites for hydroxylation is 1. The summed E-state index contributed by atoms with van der Waals surface area (Å²) < 4.78 is 12.4. The minimum Gasteiger partial charge on any atom is -0.454 e. The van der Waals surface area contributed by atoms with E-state index in [0.717, 1.165) is 4.57 Å². The van der Waals surface area contributed by atoms with Gasteiger partial charge in [-0.15, -0.1) is 0 Å². The fourth-order valence-corrected chi connectivity index (χ4v) is 2.58. The SMILES string of the molecule is Cn1nc(-c2cc3c(cc2[N+](=O)[O-])OCO3)nc2c(=O)n(C)c(=O)nc1-2. The molecule has 12 nitrogen and oxygen atoms in total. The second kappa shape index (κ2) is 5.34. The zero-order valence-electron chi connectivity index (χ0n) is 13.5. The van der Waals surface area contributed by atoms with Gasteiger partial charge in [-0.3, -0.25) is 19.5 Å². The highest BCUT2D eigenvalue weighted by Crippen LogP contribution is 2.41. The summed E-state index contributed by atoms with van der Waals surface area (Å²) in [5.41, 5.74) is -1.82. The van der Waals surface area contributed by atoms with Crippen molar-refractivity contribution in [1.82, 2.24) is 24.3 Å². The summed E-state index contributed by atoms with van der Waals surface area (Å²) in [5, 5.41) is 15.5. The molecule has 26 heavy (non-hydrogen) atoms. The molecule has 0 saturated carbocycles. The van der Waals surface area contributed by atoms with Crippen LogP contribution in [-0.2, 0) is 14.1 Å². The van der Waals surface area contributed by atoms with Gasteiger partial charge in [-0.2, -0.15) is 10.1 Å². The number of fused-ring (bicyclic) bond motifs is 2. The molecule has 0 atom stereocenters. The van der Waals surface area contributed by atoms with E-state index in [1.807, 2.05) is 0 Å². The van der Waals surface area contributed by atoms with Crippen LogP contribution in [0.2, 0.25) is 0 Å². The van der Waals surface area contributed by atoms with Gasteiger partial charge in [0.25, 0.3) is 11.2 Å². The number of nitrogens with zero attached hydrogens (tertiary/aromatic N) is 6. The van der Waals surface area contributed by atoms with Gasteiger partial charge in [0.2, 0.25) is 6.79 Å². The Morgan fingerprint density at radius 3 is 2.54 bits per heavy atom. The first-order chi connectivity index (χ1) is 12.4. The topological polar surface area (TPSA) is 144 Å². The molecule has 0 fully saturated rings. The lowest BCUT2D eigenvalue weighted by Gasteiger charge is -2.11. The Labute approximate surface area is 143 Å². The molecule has 1 aromatic rings. The van der Waals surface area contributed by atoms with Crippen molar-refractivity contribution in [2.45, 2.75) is 0 Å². The van der Waals surface area contributed by atoms with Crippen molar-refractivity contribution in [3.8, 4) is 34.4 Å². The molecule has 0 bridgehead atoms. The van der Waals surface area contributed by atoms with Crippen molar-refractivity contribution in [3.05, 3.63) is 43.1 Å². The van der Waals surface area contributed by atoms with E-state index in [1.54, 1.807) is 0 Å². The standard InChI is InChI=1S/C14H10N6O6/c1-18-13(21)10-12(16-14(18)22)19(2)17-11(15-10)6-3-8-9(26-5-25-8)4-7(6)20(23)24/h3-4H,5H2,1-2H3. The minimum absolute atomic E-state index is 0.0229. The van der Waals surface area contributed by atoms with Gasteiger partial charge in [-0.25, -0.2) is 14.5 Å². The summed E-state index contributed by atoms with van der Waals surface area (Å²) in [6.07, 6.45) is 0. The third-order valence-corrected chi connectivity index (χ3v) is 3.90. The number of hydrogen-bond donors (Lipinski definition) is 0. The average molecular weight is 358 g/mol. The third kappa shape index (κ3) is 2.19. The summed E-state index contributed by atoms with van der Waals surface area (Å²) in [7, 11) is 2.72. The van der Waals surface area contributed by atoms with Crippen LogP contribution in [0.4, 0.5) is 5.69 Å². The number of hydrogen-bond acceptors (Lipinski definition) is 9. The van der Waals surface area contributed by atoms with E-state index >= 15 is 0 Å². The molecular weight excluding hydrogens is 348 g/mol. The summed E-state index contributed by atoms with van der Waals surface area (Å²) >= 11 is 0. The predicted molar refractivity (Wildman–Crippen MR) is 85.1 cm³/mol. The minimum atomic E-state index is -0.747. The fourth-order valence-electron chi connectivity index (χ4n) is 2.58. The summed E-state index contributed by atoms with van der Waals surface area (Å²) in [6.45, 7) is -0.0565. The Hall–Kier alpha value is -3.83. The number of aromatic nitrogens is 5. The number of nitro benzene ring substituents is 1. The molecule has 0 amide bonds. The van der Waals surface area contributed by atoms with Gasteiger partial charge in [0.05, 0.1) is 11.0 Å². The van der Waals surface area contributed by atoms with Gasteiger partial charge < -0.3 is 9.47 Å². The lowest BCUT2D eigenvalue weighted by atomic mass is 10.1. The first-order valence-electron chi connectivity index (χ1n) is 7.27. The largest absolute Gasteiger partial charge is 0.454 e. The molecule has 4 rings (SSSR count). The number of rotatable bonds is 2. The fraction of sp³-hybridized carbons (Fsp3) is 0.214. The van der Waals surface area contributed by atoms with Crippen molar-refractivity contribution in [1.29, 1.82) is 0 Å². The van der Waals surface area contributed by atoms with Gasteiger partial charge >= 0.3 is 5.69 Å². The average Bonchev–Trinajstić information content (AvgIpc) is 3.07. The highest BCUT2D eigenvalue weighted by Gasteiger charge is 2.28. The Balaban J connectivity index is 2.05. The second-order valence-electron chi connectivity index (χ2n) is 5.47. The molecule has 0 unspecified atom stereocenters. The summed E-state index contributed by atoms with van der Waals surface area (Å²) in [4.78, 5) is 42.7. The monoisotopic (exact) mass is 358 g/mol. The zero-order chi connectivity index (χ0) is 18.6. The van der Waals surface area contributed by atoms with Gasteiger partial charge in [0.1, 0.15) is 5.56 Å². The molecule has 0 aromatic heterocycles. The molecule has 3 heterocycles. The maximum atomic E-state index is 12.3. The maximum Gasteiger partial charge on any atom is 0.352 e. The Morgan fingerprint density at radius 2 is 1.85 bits per heavy atom. The Bertz CT molecular complexity index is 1170. The van der Waals surface area contributed by atoms with E-state index in [0.29, 0.717) is 5.75 Å². The quantitative estimate of drug-likeness (QED) is 0.444. The smallest absolute Gasteiger partial charge is 0.352 e. The Morgan fingerprint density at radius 1 is 1.15 bits per heavy atom. The zero-order valence-corrected chi connectivity index (χ0v) is 13.5. The van der Waals surface area contributed by atoms with E-state index in [1.165, 1.54) is 30.9 Å². The van der Waals surface area contributed by atoms with Crippen LogP contribution in [0.15, 0.2) is 21.7 Å². The van der Waals surface area contributed by atoms with Crippen LogP contribution < -0.4 is 20.7 Å². The third-order valence-electron chi connectivity index (χ3n) is 3.90. The van der Waals surface area contributed by atoms with E-state index in [-0.39, 0.29) is 41.1 Å². The van der Waals surface area contributed by atoms with Gasteiger partial charge in [0, 0.05) is 20.2 Å². The van der Waals surface area contributed by atoms with E-state index in [4.69, 9.17) is 9.47 Å². The second-order valence-corrected chi connectivity index (χ2v) is 5.47. The van der Waals surface area contributed by atoms with Gasteiger partial charge in [-0.1, -0.05) is 0 Å². The predicted octanol–water partition coefficient (Wildman–Crippen LogP) is -0.322. The van der Waals surface area contributed by atoms with Crippen molar-refractivity contribution in [2.75, 3.05) is 6.79 Å². The molecule has 0 saturated heterocycles. The normalized spacial score (nSPS) is 12.5. The van der Waals surface area contributed by atoms with Crippen molar-refractivity contribution in [3.63, 3.8) is 0 Å². The van der Waals surface area contributed by atoms with Crippen LogP contribution in [0.25, 0.3) is 22.9 Å². The van der Waals surface area contributed by atoms with Crippen molar-refractivity contribution >= 4 is 5.69 Å². The lowest BCUT2D eigenvalue weighted by molar-refractivity contribution is -0.384.